The summed E-state index contributed by atoms with van der Waals surface area (Å²) in [5.41, 5.74) is 4.18. The summed E-state index contributed by atoms with van der Waals surface area (Å²) in [5.74, 6) is -1.07. The van der Waals surface area contributed by atoms with Crippen LogP contribution in [0.15, 0.2) is 62.9 Å². The molecule has 0 unspecified atom stereocenters. The zero-order valence-electron chi connectivity index (χ0n) is 18.1. The predicted octanol–water partition coefficient (Wildman–Crippen LogP) is 4.64. The molecule has 0 bridgehead atoms. The van der Waals surface area contributed by atoms with Gasteiger partial charge in [-0.1, -0.05) is 34.1 Å². The van der Waals surface area contributed by atoms with Crippen LogP contribution in [0.3, 0.4) is 0 Å². The summed E-state index contributed by atoms with van der Waals surface area (Å²) >= 11 is 3.42. The molecule has 0 spiro atoms. The molecule has 2 amide bonds. The van der Waals surface area contributed by atoms with Crippen LogP contribution in [0.2, 0.25) is 0 Å². The predicted molar refractivity (Wildman–Crippen MR) is 130 cm³/mol. The second-order valence-electron chi connectivity index (χ2n) is 8.08. The zero-order chi connectivity index (χ0) is 23.4. The number of imide groups is 1. The molecule has 3 aromatic carbocycles. The molecule has 0 radical (unpaired) electrons. The summed E-state index contributed by atoms with van der Waals surface area (Å²) in [6, 6.07) is 14.5. The lowest BCUT2D eigenvalue weighted by molar-refractivity contribution is 0.0616. The first-order chi connectivity index (χ1) is 15.8. The Hall–Kier alpha value is -3.78. The molecule has 33 heavy (non-hydrogen) atoms. The van der Waals surface area contributed by atoms with Gasteiger partial charge in [-0.05, 0) is 67.6 Å². The number of amides is 2. The summed E-state index contributed by atoms with van der Waals surface area (Å²) in [5, 5.41) is 9.41. The van der Waals surface area contributed by atoms with Crippen molar-refractivity contribution in [1.29, 1.82) is 0 Å². The fourth-order valence-electron chi connectivity index (χ4n) is 4.04. The lowest BCUT2D eigenvalue weighted by Crippen LogP contribution is -2.36. The molecule has 0 atom stereocenters. The Morgan fingerprint density at radius 2 is 1.67 bits per heavy atom. The number of carbonyl (C=O) groups excluding carboxylic acids is 2. The van der Waals surface area contributed by atoms with Crippen LogP contribution in [0.25, 0.3) is 16.5 Å². The van der Waals surface area contributed by atoms with Crippen LogP contribution >= 0.6 is 15.9 Å². The van der Waals surface area contributed by atoms with Crippen LogP contribution in [0.5, 0.6) is 0 Å². The van der Waals surface area contributed by atoms with E-state index in [9.17, 15) is 14.4 Å². The van der Waals surface area contributed by atoms with E-state index in [1.165, 1.54) is 10.9 Å². The van der Waals surface area contributed by atoms with Gasteiger partial charge in [0.15, 0.2) is 0 Å². The highest BCUT2D eigenvalue weighted by molar-refractivity contribution is 9.10. The number of aryl methyl sites for hydroxylation is 3. The van der Waals surface area contributed by atoms with E-state index >= 15 is 0 Å². The number of rotatable bonds is 3. The molecule has 8 heteroatoms. The molecule has 0 saturated heterocycles. The fourth-order valence-corrected chi connectivity index (χ4v) is 4.51. The van der Waals surface area contributed by atoms with Crippen molar-refractivity contribution in [2.75, 3.05) is 0 Å². The normalized spacial score (nSPS) is 13.5. The van der Waals surface area contributed by atoms with Crippen LogP contribution in [-0.2, 0) is 0 Å². The molecule has 0 saturated carbocycles. The smallest absolute Gasteiger partial charge is 0.282 e. The van der Waals surface area contributed by atoms with Crippen LogP contribution in [-0.4, -0.2) is 32.8 Å². The zero-order valence-corrected chi connectivity index (χ0v) is 19.7. The number of H-pyrrole nitrogens is 1. The van der Waals surface area contributed by atoms with Crippen molar-refractivity contribution in [2.45, 2.75) is 20.8 Å². The second kappa shape index (κ2) is 7.67. The molecule has 1 aliphatic heterocycles. The minimum Gasteiger partial charge on any atom is -0.295 e. The summed E-state index contributed by atoms with van der Waals surface area (Å²) < 4.78 is 2.15. The first kappa shape index (κ1) is 21.1. The number of halogens is 1. The first-order valence-electron chi connectivity index (χ1n) is 10.3. The standard InChI is InChI=1S/C25H19BrN4O3/c1-13-7-8-18(9-14(13)2)29-25(33)21(15(3)28-29)12-27-30-23(31)19-6-4-5-16-10-17(26)11-20(22(16)19)24(30)32/h4-12,28H,1-3H3. The number of hydrazone groups is 1. The summed E-state index contributed by atoms with van der Waals surface area (Å²) in [6.07, 6.45) is 1.27. The molecule has 1 N–H and O–H groups in total. The highest BCUT2D eigenvalue weighted by atomic mass is 79.9. The van der Waals surface area contributed by atoms with Gasteiger partial charge in [-0.2, -0.15) is 10.1 Å². The van der Waals surface area contributed by atoms with E-state index in [1.807, 2.05) is 44.2 Å². The Kier molecular flexibility index (Phi) is 4.90. The highest BCUT2D eigenvalue weighted by Gasteiger charge is 2.33. The van der Waals surface area contributed by atoms with Gasteiger partial charge in [0.1, 0.15) is 0 Å². The van der Waals surface area contributed by atoms with Crippen molar-refractivity contribution in [3.63, 3.8) is 0 Å². The molecule has 4 aromatic rings. The average Bonchev–Trinajstić information content (AvgIpc) is 3.07. The van der Waals surface area contributed by atoms with E-state index in [0.717, 1.165) is 26.0 Å². The van der Waals surface area contributed by atoms with E-state index in [-0.39, 0.29) is 11.1 Å². The maximum atomic E-state index is 13.1. The van der Waals surface area contributed by atoms with E-state index in [4.69, 9.17) is 0 Å². The number of nitrogens with one attached hydrogen (secondary N) is 1. The van der Waals surface area contributed by atoms with Crippen LogP contribution in [0.1, 0.15) is 43.1 Å². The van der Waals surface area contributed by atoms with Crippen molar-refractivity contribution in [3.8, 4) is 5.69 Å². The molecule has 7 nitrogen and oxygen atoms in total. The Balaban J connectivity index is 1.56. The Bertz CT molecular complexity index is 1580. The Labute approximate surface area is 197 Å². The lowest BCUT2D eigenvalue weighted by Gasteiger charge is -2.23. The van der Waals surface area contributed by atoms with Crippen LogP contribution < -0.4 is 5.56 Å². The lowest BCUT2D eigenvalue weighted by atomic mass is 9.95. The van der Waals surface area contributed by atoms with Crippen LogP contribution in [0, 0.1) is 20.8 Å². The summed E-state index contributed by atoms with van der Waals surface area (Å²) in [4.78, 5) is 39.3. The third-order valence-corrected chi connectivity index (χ3v) is 6.41. The Morgan fingerprint density at radius 3 is 2.42 bits per heavy atom. The van der Waals surface area contributed by atoms with E-state index in [1.54, 1.807) is 25.1 Å². The largest absolute Gasteiger partial charge is 0.295 e. The minimum absolute atomic E-state index is 0.270. The molecule has 0 aliphatic carbocycles. The van der Waals surface area contributed by atoms with E-state index in [0.29, 0.717) is 27.9 Å². The van der Waals surface area contributed by atoms with Crippen LogP contribution in [0.4, 0.5) is 0 Å². The third kappa shape index (κ3) is 3.34. The molecule has 1 aliphatic rings. The fraction of sp³-hybridized carbons (Fsp3) is 0.120. The summed E-state index contributed by atoms with van der Waals surface area (Å²) in [6.45, 7) is 5.73. The van der Waals surface area contributed by atoms with Crippen molar-refractivity contribution in [1.82, 2.24) is 14.8 Å². The second-order valence-corrected chi connectivity index (χ2v) is 9.00. The Morgan fingerprint density at radius 1 is 0.909 bits per heavy atom. The van der Waals surface area contributed by atoms with Gasteiger partial charge in [0.05, 0.1) is 28.6 Å². The number of hydrogen-bond donors (Lipinski definition) is 1. The molecule has 5 rings (SSSR count). The SMILES string of the molecule is Cc1ccc(-n2[nH]c(C)c(C=NN3C(=O)c4cccc5cc(Br)cc(c45)C3=O)c2=O)cc1C. The third-order valence-electron chi connectivity index (χ3n) is 5.96. The number of aromatic nitrogens is 2. The maximum Gasteiger partial charge on any atom is 0.282 e. The number of benzene rings is 3. The van der Waals surface area contributed by atoms with Crippen molar-refractivity contribution < 1.29 is 9.59 Å². The molecular formula is C25H19BrN4O3. The van der Waals surface area contributed by atoms with Gasteiger partial charge in [0, 0.05) is 15.6 Å². The van der Waals surface area contributed by atoms with Gasteiger partial charge >= 0.3 is 0 Å². The monoisotopic (exact) mass is 502 g/mol. The molecule has 1 aromatic heterocycles. The number of aromatic amines is 1. The molecule has 164 valence electrons. The van der Waals surface area contributed by atoms with Gasteiger partial charge in [0.2, 0.25) is 0 Å². The quantitative estimate of drug-likeness (QED) is 0.327. The number of carbonyl (C=O) groups is 2. The first-order valence-corrected chi connectivity index (χ1v) is 11.1. The van der Waals surface area contributed by atoms with Gasteiger partial charge in [-0.15, -0.1) is 0 Å². The average molecular weight is 503 g/mol. The maximum absolute atomic E-state index is 13.1. The van der Waals surface area contributed by atoms with Gasteiger partial charge < -0.3 is 0 Å². The topological polar surface area (TPSA) is 87.5 Å². The van der Waals surface area contributed by atoms with Gasteiger partial charge in [-0.25, -0.2) is 4.68 Å². The van der Waals surface area contributed by atoms with Gasteiger partial charge in [0.25, 0.3) is 17.4 Å². The van der Waals surface area contributed by atoms with E-state index < -0.39 is 11.8 Å². The van der Waals surface area contributed by atoms with Crippen molar-refractivity contribution in [3.05, 3.63) is 96.9 Å². The van der Waals surface area contributed by atoms with Crippen molar-refractivity contribution in [2.24, 2.45) is 5.10 Å². The minimum atomic E-state index is -0.538. The number of nitrogens with zero attached hydrogens (tertiary/aromatic N) is 3. The van der Waals surface area contributed by atoms with E-state index in [2.05, 4.69) is 26.1 Å². The highest BCUT2D eigenvalue weighted by Crippen LogP contribution is 2.32. The summed E-state index contributed by atoms with van der Waals surface area (Å²) in [7, 11) is 0. The number of hydrogen-bond acceptors (Lipinski definition) is 4. The molecular weight excluding hydrogens is 484 g/mol. The molecule has 2 heterocycles. The molecule has 0 fully saturated rings. The van der Waals surface area contributed by atoms with Crippen molar-refractivity contribution >= 4 is 44.7 Å². The van der Waals surface area contributed by atoms with Gasteiger partial charge in [-0.3, -0.25) is 19.5 Å².